The van der Waals surface area contributed by atoms with Gasteiger partial charge in [-0.15, -0.1) is 6.58 Å². The van der Waals surface area contributed by atoms with E-state index in [4.69, 9.17) is 12.2 Å². The Hall–Kier alpha value is -1.44. The lowest BCUT2D eigenvalue weighted by molar-refractivity contribution is 0.445. The van der Waals surface area contributed by atoms with E-state index in [2.05, 4.69) is 17.2 Å². The highest BCUT2D eigenvalue weighted by Crippen LogP contribution is 2.19. The van der Waals surface area contributed by atoms with Gasteiger partial charge < -0.3 is 10.6 Å². The lowest BCUT2D eigenvalue weighted by atomic mass is 10.1. The number of thiocarbonyl (C=S) groups is 1. The fourth-order valence-electron chi connectivity index (χ4n) is 2.14. The second-order valence-corrected chi connectivity index (χ2v) is 7.37. The van der Waals surface area contributed by atoms with E-state index in [1.54, 1.807) is 18.2 Å². The van der Waals surface area contributed by atoms with E-state index in [0.717, 1.165) is 5.56 Å². The van der Waals surface area contributed by atoms with Crippen LogP contribution in [0, 0.1) is 0 Å². The van der Waals surface area contributed by atoms with Gasteiger partial charge in [-0.25, -0.2) is 8.42 Å². The molecule has 1 aromatic carbocycles. The third kappa shape index (κ3) is 5.30. The number of sulfonamides is 1. The van der Waals surface area contributed by atoms with Crippen LogP contribution < -0.4 is 10.6 Å². The normalized spacial score (nSPS) is 12.7. The summed E-state index contributed by atoms with van der Waals surface area (Å²) in [5.74, 6) is 0. The Labute approximate surface area is 144 Å². The van der Waals surface area contributed by atoms with Crippen molar-refractivity contribution in [1.82, 2.24) is 14.9 Å². The van der Waals surface area contributed by atoms with Gasteiger partial charge in [0.15, 0.2) is 5.11 Å². The zero-order valence-corrected chi connectivity index (χ0v) is 15.5. The van der Waals surface area contributed by atoms with Gasteiger partial charge in [-0.05, 0) is 36.8 Å². The molecular formula is C16H25N3O2S2. The summed E-state index contributed by atoms with van der Waals surface area (Å²) >= 11 is 5.17. The summed E-state index contributed by atoms with van der Waals surface area (Å²) in [6.07, 6.45) is 1.73. The number of nitrogens with zero attached hydrogens (tertiary/aromatic N) is 1. The molecule has 0 aliphatic carbocycles. The summed E-state index contributed by atoms with van der Waals surface area (Å²) in [5, 5.41) is 6.68. The van der Waals surface area contributed by atoms with Crippen LogP contribution in [0.1, 0.15) is 32.4 Å². The van der Waals surface area contributed by atoms with E-state index < -0.39 is 10.0 Å². The van der Waals surface area contributed by atoms with E-state index >= 15 is 0 Å². The summed E-state index contributed by atoms with van der Waals surface area (Å²) in [4.78, 5) is 0.310. The highest BCUT2D eigenvalue weighted by molar-refractivity contribution is 7.89. The van der Waals surface area contributed by atoms with Crippen LogP contribution in [0.25, 0.3) is 0 Å². The standard InChI is InChI=1S/C16H25N3O2S2/c1-5-12-17-16(22)18-13(4)14-8-10-15(11-9-14)23(20,21)19(6-2)7-3/h5,8-11,13H,1,6-7,12H2,2-4H3,(H2,17,18,22)/t13-/m0/s1. The zero-order valence-electron chi connectivity index (χ0n) is 13.9. The first-order valence-electron chi connectivity index (χ1n) is 7.62. The number of benzene rings is 1. The van der Waals surface area contributed by atoms with Crippen LogP contribution in [-0.2, 0) is 10.0 Å². The molecule has 0 fully saturated rings. The van der Waals surface area contributed by atoms with Crippen LogP contribution in [0.4, 0.5) is 0 Å². The van der Waals surface area contributed by atoms with E-state index in [-0.39, 0.29) is 6.04 Å². The minimum absolute atomic E-state index is 0.0231. The summed E-state index contributed by atoms with van der Waals surface area (Å²) < 4.78 is 26.3. The van der Waals surface area contributed by atoms with E-state index in [9.17, 15) is 8.42 Å². The van der Waals surface area contributed by atoms with E-state index in [1.807, 2.05) is 32.9 Å². The summed E-state index contributed by atoms with van der Waals surface area (Å²) in [6, 6.07) is 6.88. The lowest BCUT2D eigenvalue weighted by Crippen LogP contribution is -2.36. The van der Waals surface area contributed by atoms with Crippen LogP contribution in [0.15, 0.2) is 41.8 Å². The molecule has 0 amide bonds. The van der Waals surface area contributed by atoms with Crippen molar-refractivity contribution in [3.05, 3.63) is 42.5 Å². The number of hydrogen-bond donors (Lipinski definition) is 2. The molecule has 5 nitrogen and oxygen atoms in total. The van der Waals surface area contributed by atoms with Crippen LogP contribution in [-0.4, -0.2) is 37.5 Å². The smallest absolute Gasteiger partial charge is 0.243 e. The Morgan fingerprint density at radius 1 is 1.30 bits per heavy atom. The minimum Gasteiger partial charge on any atom is -0.359 e. The van der Waals surface area contributed by atoms with Gasteiger partial charge >= 0.3 is 0 Å². The first-order valence-corrected chi connectivity index (χ1v) is 9.47. The van der Waals surface area contributed by atoms with Crippen molar-refractivity contribution in [3.8, 4) is 0 Å². The van der Waals surface area contributed by atoms with Gasteiger partial charge in [-0.1, -0.05) is 32.1 Å². The van der Waals surface area contributed by atoms with Gasteiger partial charge in [0.05, 0.1) is 10.9 Å². The molecule has 1 atom stereocenters. The second kappa shape index (κ2) is 9.00. The number of rotatable bonds is 8. The van der Waals surface area contributed by atoms with Gasteiger partial charge in [0.2, 0.25) is 10.0 Å². The molecule has 0 unspecified atom stereocenters. The minimum atomic E-state index is -3.42. The maximum Gasteiger partial charge on any atom is 0.243 e. The molecule has 1 aromatic rings. The molecule has 0 spiro atoms. The molecular weight excluding hydrogens is 330 g/mol. The molecule has 0 aliphatic heterocycles. The fourth-order valence-corrected chi connectivity index (χ4v) is 3.86. The first-order chi connectivity index (χ1) is 10.9. The molecule has 1 rings (SSSR count). The Kier molecular flexibility index (Phi) is 7.67. The van der Waals surface area contributed by atoms with Crippen molar-refractivity contribution in [2.24, 2.45) is 0 Å². The molecule has 0 radical (unpaired) electrons. The number of hydrogen-bond acceptors (Lipinski definition) is 3. The highest BCUT2D eigenvalue weighted by atomic mass is 32.2. The predicted octanol–water partition coefficient (Wildman–Crippen LogP) is 2.43. The molecule has 0 aromatic heterocycles. The van der Waals surface area contributed by atoms with Crippen LogP contribution in [0.5, 0.6) is 0 Å². The summed E-state index contributed by atoms with van der Waals surface area (Å²) in [7, 11) is -3.42. The Morgan fingerprint density at radius 3 is 2.35 bits per heavy atom. The molecule has 0 bridgehead atoms. The Balaban J connectivity index is 2.84. The zero-order chi connectivity index (χ0) is 17.5. The Bertz CT molecular complexity index is 623. The molecule has 0 aliphatic rings. The SMILES string of the molecule is C=CCNC(=S)N[C@@H](C)c1ccc(S(=O)(=O)N(CC)CC)cc1. The van der Waals surface area contributed by atoms with Gasteiger partial charge in [0.25, 0.3) is 0 Å². The Morgan fingerprint density at radius 2 is 1.87 bits per heavy atom. The van der Waals surface area contributed by atoms with Crippen LogP contribution in [0.3, 0.4) is 0 Å². The molecule has 2 N–H and O–H groups in total. The quantitative estimate of drug-likeness (QED) is 0.554. The van der Waals surface area contributed by atoms with Crippen molar-refractivity contribution >= 4 is 27.4 Å². The monoisotopic (exact) mass is 355 g/mol. The summed E-state index contributed by atoms with van der Waals surface area (Å²) in [6.45, 7) is 10.8. The van der Waals surface area contributed by atoms with Crippen molar-refractivity contribution in [2.45, 2.75) is 31.7 Å². The van der Waals surface area contributed by atoms with Crippen molar-refractivity contribution in [3.63, 3.8) is 0 Å². The average Bonchev–Trinajstić information content (AvgIpc) is 2.53. The molecule has 23 heavy (non-hydrogen) atoms. The molecule has 128 valence electrons. The first kappa shape index (κ1) is 19.6. The topological polar surface area (TPSA) is 61.4 Å². The average molecular weight is 356 g/mol. The van der Waals surface area contributed by atoms with Gasteiger partial charge in [0.1, 0.15) is 0 Å². The van der Waals surface area contributed by atoms with Crippen molar-refractivity contribution in [2.75, 3.05) is 19.6 Å². The molecule has 0 heterocycles. The number of nitrogens with one attached hydrogen (secondary N) is 2. The second-order valence-electron chi connectivity index (χ2n) is 5.02. The van der Waals surface area contributed by atoms with Gasteiger partial charge in [0, 0.05) is 19.6 Å². The van der Waals surface area contributed by atoms with E-state index in [1.165, 1.54) is 4.31 Å². The highest BCUT2D eigenvalue weighted by Gasteiger charge is 2.21. The predicted molar refractivity (Wildman–Crippen MR) is 98.9 cm³/mol. The molecule has 0 saturated heterocycles. The fraction of sp³-hybridized carbons (Fsp3) is 0.438. The third-order valence-electron chi connectivity index (χ3n) is 3.48. The van der Waals surface area contributed by atoms with Crippen LogP contribution in [0.2, 0.25) is 0 Å². The van der Waals surface area contributed by atoms with E-state index in [0.29, 0.717) is 29.6 Å². The van der Waals surface area contributed by atoms with Crippen LogP contribution >= 0.6 is 12.2 Å². The van der Waals surface area contributed by atoms with Crippen molar-refractivity contribution in [1.29, 1.82) is 0 Å². The summed E-state index contributed by atoms with van der Waals surface area (Å²) in [5.41, 5.74) is 0.964. The third-order valence-corrected chi connectivity index (χ3v) is 5.80. The lowest BCUT2D eigenvalue weighted by Gasteiger charge is -2.20. The maximum absolute atomic E-state index is 12.4. The van der Waals surface area contributed by atoms with Crippen molar-refractivity contribution < 1.29 is 8.42 Å². The van der Waals surface area contributed by atoms with Gasteiger partial charge in [-0.3, -0.25) is 0 Å². The molecule has 7 heteroatoms. The molecule has 0 saturated carbocycles. The van der Waals surface area contributed by atoms with Gasteiger partial charge in [-0.2, -0.15) is 4.31 Å². The maximum atomic E-state index is 12.4. The largest absolute Gasteiger partial charge is 0.359 e.